The van der Waals surface area contributed by atoms with E-state index in [4.69, 9.17) is 0 Å². The van der Waals surface area contributed by atoms with Crippen LogP contribution in [0.25, 0.3) is 0 Å². The van der Waals surface area contributed by atoms with Gasteiger partial charge >= 0.3 is 0 Å². The number of aryl methyl sites for hydroxylation is 1. The van der Waals surface area contributed by atoms with E-state index in [2.05, 4.69) is 41.6 Å². The lowest BCUT2D eigenvalue weighted by Gasteiger charge is -2.01. The maximum Gasteiger partial charge on any atom is 0.206 e. The van der Waals surface area contributed by atoms with Crippen molar-refractivity contribution in [3.63, 3.8) is 0 Å². The molecule has 0 amide bonds. The van der Waals surface area contributed by atoms with E-state index in [-0.39, 0.29) is 0 Å². The van der Waals surface area contributed by atoms with Gasteiger partial charge in [-0.05, 0) is 22.9 Å². The van der Waals surface area contributed by atoms with Crippen molar-refractivity contribution in [2.75, 3.05) is 5.32 Å². The van der Waals surface area contributed by atoms with E-state index in [1.54, 1.807) is 0 Å². The van der Waals surface area contributed by atoms with Crippen LogP contribution in [-0.4, -0.2) is 25.0 Å². The summed E-state index contributed by atoms with van der Waals surface area (Å²) < 4.78 is 2.70. The van der Waals surface area contributed by atoms with Gasteiger partial charge in [0.2, 0.25) is 5.13 Å². The van der Waals surface area contributed by atoms with E-state index in [9.17, 15) is 0 Å². The molecule has 0 atom stereocenters. The van der Waals surface area contributed by atoms with Crippen LogP contribution in [0.4, 0.5) is 5.13 Å². The Labute approximate surface area is 98.9 Å². The molecule has 0 saturated carbocycles. The molecule has 2 aromatic rings. The van der Waals surface area contributed by atoms with Crippen LogP contribution >= 0.6 is 27.3 Å². The summed E-state index contributed by atoms with van der Waals surface area (Å²) >= 11 is 4.69. The van der Waals surface area contributed by atoms with E-state index in [1.807, 2.05) is 18.5 Å². The average molecular weight is 289 g/mol. The van der Waals surface area contributed by atoms with Crippen molar-refractivity contribution in [3.8, 4) is 0 Å². The fraction of sp³-hybridized carbons (Fsp3) is 0.429. The molecule has 8 heteroatoms. The van der Waals surface area contributed by atoms with Crippen molar-refractivity contribution in [3.05, 3.63) is 15.6 Å². The Kier molecular flexibility index (Phi) is 2.96. The number of nitrogens with zero attached hydrogens (tertiary/aromatic N) is 5. The summed E-state index contributed by atoms with van der Waals surface area (Å²) in [5, 5.41) is 19.6. The first-order valence-electron chi connectivity index (χ1n) is 4.24. The number of hydrogen-bond donors (Lipinski definition) is 1. The number of anilines is 1. The largest absolute Gasteiger partial charge is 0.353 e. The smallest absolute Gasteiger partial charge is 0.206 e. The number of hydrogen-bond acceptors (Lipinski definition) is 6. The van der Waals surface area contributed by atoms with Gasteiger partial charge in [0, 0.05) is 7.05 Å². The Balaban J connectivity index is 2.02. The summed E-state index contributed by atoms with van der Waals surface area (Å²) in [6.07, 6.45) is 0. The molecule has 6 nitrogen and oxygen atoms in total. The lowest BCUT2D eigenvalue weighted by molar-refractivity contribution is 0.788. The summed E-state index contributed by atoms with van der Waals surface area (Å²) in [4.78, 5) is 0. The van der Waals surface area contributed by atoms with E-state index in [0.29, 0.717) is 6.54 Å². The molecule has 0 aromatic carbocycles. The van der Waals surface area contributed by atoms with E-state index in [1.165, 1.54) is 11.3 Å². The van der Waals surface area contributed by atoms with Gasteiger partial charge in [0.15, 0.2) is 9.74 Å². The van der Waals surface area contributed by atoms with Gasteiger partial charge in [-0.1, -0.05) is 11.3 Å². The molecule has 80 valence electrons. The maximum atomic E-state index is 4.03. The third-order valence-corrected chi connectivity index (χ3v) is 3.29. The Hall–Kier alpha value is -1.02. The van der Waals surface area contributed by atoms with Crippen LogP contribution in [0.2, 0.25) is 0 Å². The first kappa shape index (κ1) is 10.5. The number of aromatic nitrogens is 5. The van der Waals surface area contributed by atoms with Gasteiger partial charge in [-0.2, -0.15) is 0 Å². The Morgan fingerprint density at radius 1 is 1.33 bits per heavy atom. The highest BCUT2D eigenvalue weighted by molar-refractivity contribution is 9.11. The van der Waals surface area contributed by atoms with Crippen LogP contribution in [0.5, 0.6) is 0 Å². The lowest BCUT2D eigenvalue weighted by Crippen LogP contribution is -2.06. The van der Waals surface area contributed by atoms with Crippen LogP contribution in [0, 0.1) is 6.92 Å². The van der Waals surface area contributed by atoms with Crippen LogP contribution in [0.15, 0.2) is 3.92 Å². The molecule has 0 spiro atoms. The molecule has 0 aliphatic carbocycles. The molecule has 0 unspecified atom stereocenters. The summed E-state index contributed by atoms with van der Waals surface area (Å²) in [5.74, 6) is 1.77. The van der Waals surface area contributed by atoms with Gasteiger partial charge < -0.3 is 9.88 Å². The SMILES string of the molecule is Cc1nnc(CNc2nnc(Br)s2)n1C. The zero-order valence-corrected chi connectivity index (χ0v) is 10.6. The second kappa shape index (κ2) is 4.23. The highest BCUT2D eigenvalue weighted by atomic mass is 79.9. The molecule has 2 rings (SSSR count). The van der Waals surface area contributed by atoms with Gasteiger partial charge in [-0.25, -0.2) is 0 Å². The molecule has 2 aromatic heterocycles. The minimum absolute atomic E-state index is 0.596. The van der Waals surface area contributed by atoms with Crippen LogP contribution in [-0.2, 0) is 13.6 Å². The van der Waals surface area contributed by atoms with Gasteiger partial charge in [-0.15, -0.1) is 20.4 Å². The molecule has 2 heterocycles. The summed E-state index contributed by atoms with van der Waals surface area (Å²) in [5.41, 5.74) is 0. The molecule has 0 aliphatic rings. The second-order valence-electron chi connectivity index (χ2n) is 2.94. The first-order chi connectivity index (χ1) is 7.16. The van der Waals surface area contributed by atoms with E-state index >= 15 is 0 Å². The average Bonchev–Trinajstić information content (AvgIpc) is 2.74. The zero-order chi connectivity index (χ0) is 10.8. The fourth-order valence-corrected chi connectivity index (χ4v) is 2.04. The van der Waals surface area contributed by atoms with Crippen molar-refractivity contribution in [2.24, 2.45) is 7.05 Å². The second-order valence-corrected chi connectivity index (χ2v) is 5.19. The molecule has 0 aliphatic heterocycles. The molecule has 0 saturated heterocycles. The lowest BCUT2D eigenvalue weighted by atomic mass is 10.5. The molecular weight excluding hydrogens is 280 g/mol. The molecule has 15 heavy (non-hydrogen) atoms. The minimum atomic E-state index is 0.596. The molecule has 0 fully saturated rings. The van der Waals surface area contributed by atoms with Crippen molar-refractivity contribution < 1.29 is 0 Å². The number of halogens is 1. The zero-order valence-electron chi connectivity index (χ0n) is 8.23. The minimum Gasteiger partial charge on any atom is -0.353 e. The topological polar surface area (TPSA) is 68.5 Å². The Bertz CT molecular complexity index is 464. The van der Waals surface area contributed by atoms with Crippen molar-refractivity contribution in [2.45, 2.75) is 13.5 Å². The van der Waals surface area contributed by atoms with Gasteiger partial charge in [0.1, 0.15) is 5.82 Å². The highest BCUT2D eigenvalue weighted by Gasteiger charge is 2.06. The Morgan fingerprint density at radius 3 is 2.67 bits per heavy atom. The third-order valence-electron chi connectivity index (χ3n) is 1.98. The molecule has 0 radical (unpaired) electrons. The normalized spacial score (nSPS) is 10.6. The number of rotatable bonds is 3. The van der Waals surface area contributed by atoms with E-state index < -0.39 is 0 Å². The van der Waals surface area contributed by atoms with Gasteiger partial charge in [0.05, 0.1) is 6.54 Å². The number of nitrogens with one attached hydrogen (secondary N) is 1. The highest BCUT2D eigenvalue weighted by Crippen LogP contribution is 2.20. The summed E-state index contributed by atoms with van der Waals surface area (Å²) in [6, 6.07) is 0. The quantitative estimate of drug-likeness (QED) is 0.923. The van der Waals surface area contributed by atoms with Crippen molar-refractivity contribution in [1.29, 1.82) is 0 Å². The summed E-state index contributed by atoms with van der Waals surface area (Å²) in [6.45, 7) is 2.51. The van der Waals surface area contributed by atoms with Gasteiger partial charge in [0.25, 0.3) is 0 Å². The van der Waals surface area contributed by atoms with E-state index in [0.717, 1.165) is 20.7 Å². The monoisotopic (exact) mass is 288 g/mol. The van der Waals surface area contributed by atoms with Crippen LogP contribution in [0.1, 0.15) is 11.6 Å². The predicted molar refractivity (Wildman–Crippen MR) is 60.7 cm³/mol. The maximum absolute atomic E-state index is 4.03. The predicted octanol–water partition coefficient (Wildman–Crippen LogP) is 1.35. The third kappa shape index (κ3) is 2.32. The first-order valence-corrected chi connectivity index (χ1v) is 5.85. The Morgan fingerprint density at radius 2 is 2.13 bits per heavy atom. The molecular formula is C7H9BrN6S. The van der Waals surface area contributed by atoms with Crippen molar-refractivity contribution >= 4 is 32.4 Å². The van der Waals surface area contributed by atoms with Crippen LogP contribution in [0.3, 0.4) is 0 Å². The fourth-order valence-electron chi connectivity index (χ4n) is 1.04. The van der Waals surface area contributed by atoms with Gasteiger partial charge in [-0.3, -0.25) is 0 Å². The van der Waals surface area contributed by atoms with Crippen LogP contribution < -0.4 is 5.32 Å². The molecule has 0 bridgehead atoms. The summed E-state index contributed by atoms with van der Waals surface area (Å²) in [7, 11) is 1.93. The van der Waals surface area contributed by atoms with Crippen molar-refractivity contribution in [1.82, 2.24) is 25.0 Å². The molecule has 1 N–H and O–H groups in total. The standard InChI is InChI=1S/C7H9BrN6S/c1-4-10-11-5(14(4)2)3-9-7-13-12-6(8)15-7/h3H2,1-2H3,(H,9,13).